The van der Waals surface area contributed by atoms with Gasteiger partial charge in [-0.3, -0.25) is 0 Å². The van der Waals surface area contributed by atoms with E-state index >= 15 is 0 Å². The molecule has 6 nitrogen and oxygen atoms in total. The van der Waals surface area contributed by atoms with Gasteiger partial charge in [-0.15, -0.1) is 0 Å². The molecule has 0 bridgehead atoms. The van der Waals surface area contributed by atoms with Crippen molar-refractivity contribution in [1.82, 2.24) is 5.23 Å². The fraction of sp³-hybridized carbons (Fsp3) is 0.833. The molecule has 0 aromatic heterocycles. The van der Waals surface area contributed by atoms with Gasteiger partial charge in [0.2, 0.25) is 0 Å². The van der Waals surface area contributed by atoms with Gasteiger partial charge in [-0.25, -0.2) is 0 Å². The number of nitrogens with zero attached hydrogens (tertiary/aromatic N) is 1. The normalized spacial score (nSPS) is 11.6. The Kier molecular flexibility index (Phi) is 8.81. The zero-order valence-electron chi connectivity index (χ0n) is 9.00. The van der Waals surface area contributed by atoms with E-state index in [0.29, 0.717) is 19.4 Å². The number of hydrogen-bond acceptors (Lipinski definition) is 7. The van der Waals surface area contributed by atoms with Crippen molar-refractivity contribution in [2.75, 3.05) is 24.6 Å². The van der Waals surface area contributed by atoms with Crippen molar-refractivity contribution in [2.45, 2.75) is 6.82 Å². The molecule has 0 atom stereocenters. The average Bonchev–Trinajstić information content (AvgIpc) is 2.16. The van der Waals surface area contributed by atoms with Crippen molar-refractivity contribution in [2.24, 2.45) is 4.99 Å². The molecule has 0 amide bonds. The predicted molar refractivity (Wildman–Crippen MR) is 67.9 cm³/mol. The van der Waals surface area contributed by atoms with Gasteiger partial charge >= 0.3 is 99.8 Å². The Morgan fingerprint density at radius 1 is 1.62 bits per heavy atom. The van der Waals surface area contributed by atoms with E-state index in [1.807, 2.05) is 0 Å². The van der Waals surface area contributed by atoms with Crippen LogP contribution in [0, 0.1) is 0 Å². The van der Waals surface area contributed by atoms with E-state index in [9.17, 15) is 13.1 Å². The molecule has 0 saturated heterocycles. The quantitative estimate of drug-likeness (QED) is 0.236. The Morgan fingerprint density at radius 2 is 2.31 bits per heavy atom. The molecule has 0 fully saturated rings. The molecule has 0 saturated carbocycles. The number of hydrogen-bond donors (Lipinski definition) is 2. The summed E-state index contributed by atoms with van der Waals surface area (Å²) in [6.45, 7) is 2.03. The molecular weight excluding hydrogens is 250 g/mol. The molecule has 0 rings (SSSR count). The molecule has 2 N–H and O–H groups in total. The SMILES string of the molecule is CB(O)NCCS(=O)(=O)SCC/N=C/B=O. The third-order valence-electron chi connectivity index (χ3n) is 1.44. The maximum atomic E-state index is 11.4. The van der Waals surface area contributed by atoms with Gasteiger partial charge in [-0.2, -0.15) is 0 Å². The van der Waals surface area contributed by atoms with Crippen LogP contribution < -0.4 is 5.23 Å². The Balaban J connectivity index is 3.70. The molecule has 0 spiro atoms. The fourth-order valence-corrected chi connectivity index (χ4v) is 3.29. The third kappa shape index (κ3) is 10.3. The molecule has 0 heterocycles. The van der Waals surface area contributed by atoms with E-state index in [0.717, 1.165) is 16.9 Å². The topological polar surface area (TPSA) is 95.8 Å². The summed E-state index contributed by atoms with van der Waals surface area (Å²) in [5.74, 6) is 0.279. The van der Waals surface area contributed by atoms with Crippen molar-refractivity contribution in [3.63, 3.8) is 0 Å². The molecule has 0 aromatic carbocycles. The van der Waals surface area contributed by atoms with Crippen LogP contribution in [0.3, 0.4) is 0 Å². The van der Waals surface area contributed by atoms with Gasteiger partial charge < -0.3 is 0 Å². The van der Waals surface area contributed by atoms with Crippen LogP contribution >= 0.6 is 10.8 Å². The van der Waals surface area contributed by atoms with Crippen LogP contribution in [0.4, 0.5) is 0 Å². The van der Waals surface area contributed by atoms with E-state index in [-0.39, 0.29) is 12.3 Å². The molecule has 0 radical (unpaired) electrons. The molecule has 0 aliphatic carbocycles. The summed E-state index contributed by atoms with van der Waals surface area (Å²) < 4.78 is 32.6. The Morgan fingerprint density at radius 3 is 2.88 bits per heavy atom. The van der Waals surface area contributed by atoms with E-state index < -0.39 is 15.9 Å². The average molecular weight is 264 g/mol. The maximum absolute atomic E-state index is 11.4. The van der Waals surface area contributed by atoms with Crippen LogP contribution in [-0.2, 0) is 13.6 Å². The minimum atomic E-state index is -3.18. The van der Waals surface area contributed by atoms with Crippen molar-refractivity contribution >= 4 is 40.0 Å². The second-order valence-corrected chi connectivity index (χ2v) is 7.30. The van der Waals surface area contributed by atoms with Crippen molar-refractivity contribution in [3.8, 4) is 0 Å². The zero-order chi connectivity index (χ0) is 12.4. The van der Waals surface area contributed by atoms with Gasteiger partial charge in [-0.05, 0) is 0 Å². The van der Waals surface area contributed by atoms with Crippen LogP contribution in [0.2, 0.25) is 6.82 Å². The van der Waals surface area contributed by atoms with Crippen LogP contribution in [-0.4, -0.2) is 58.4 Å². The van der Waals surface area contributed by atoms with Gasteiger partial charge in [-0.1, -0.05) is 0 Å². The van der Waals surface area contributed by atoms with Crippen LogP contribution in [0.15, 0.2) is 4.99 Å². The van der Waals surface area contributed by atoms with Crippen molar-refractivity contribution < 1.29 is 18.1 Å². The number of rotatable bonds is 9. The summed E-state index contributed by atoms with van der Waals surface area (Å²) in [7, 11) is -2.55. The summed E-state index contributed by atoms with van der Waals surface area (Å²) in [4.78, 5) is 3.67. The second kappa shape index (κ2) is 8.91. The molecular formula is C6H14B2N2O4S2. The predicted octanol–water partition coefficient (Wildman–Crippen LogP) is -1.17. The van der Waals surface area contributed by atoms with E-state index in [1.54, 1.807) is 0 Å². The van der Waals surface area contributed by atoms with Gasteiger partial charge in [0.15, 0.2) is 0 Å². The Labute approximate surface area is 100.0 Å². The summed E-state index contributed by atoms with van der Waals surface area (Å²) in [5.41, 5.74) is 0. The summed E-state index contributed by atoms with van der Waals surface area (Å²) in [6, 6.07) is 0. The molecule has 0 aliphatic rings. The molecule has 90 valence electrons. The van der Waals surface area contributed by atoms with Crippen LogP contribution in [0.1, 0.15) is 0 Å². The summed E-state index contributed by atoms with van der Waals surface area (Å²) >= 11 is 0. The van der Waals surface area contributed by atoms with Crippen molar-refractivity contribution in [1.29, 1.82) is 0 Å². The molecule has 16 heavy (non-hydrogen) atoms. The first-order valence-electron chi connectivity index (χ1n) is 4.70. The Hall–Kier alpha value is -0.180. The minimum absolute atomic E-state index is 0.0417. The number of nitrogens with one attached hydrogen (secondary N) is 1. The first-order chi connectivity index (χ1) is 7.48. The van der Waals surface area contributed by atoms with E-state index in [2.05, 4.69) is 10.2 Å². The molecule has 0 aromatic rings. The monoisotopic (exact) mass is 264 g/mol. The van der Waals surface area contributed by atoms with Gasteiger partial charge in [0.25, 0.3) is 0 Å². The first-order valence-corrected chi connectivity index (χ1v) is 7.85. The first kappa shape index (κ1) is 15.8. The van der Waals surface area contributed by atoms with Crippen molar-refractivity contribution in [3.05, 3.63) is 0 Å². The summed E-state index contributed by atoms with van der Waals surface area (Å²) in [6.07, 6.45) is 1.10. The molecule has 10 heteroatoms. The second-order valence-electron chi connectivity index (χ2n) is 2.91. The van der Waals surface area contributed by atoms with E-state index in [1.165, 1.54) is 6.82 Å². The molecule has 0 unspecified atom stereocenters. The van der Waals surface area contributed by atoms with E-state index in [4.69, 9.17) is 5.02 Å². The molecule has 0 aliphatic heterocycles. The summed E-state index contributed by atoms with van der Waals surface area (Å²) in [5, 5.41) is 11.5. The van der Waals surface area contributed by atoms with Gasteiger partial charge in [0.1, 0.15) is 0 Å². The van der Waals surface area contributed by atoms with Crippen LogP contribution in [0.5, 0.6) is 0 Å². The van der Waals surface area contributed by atoms with Gasteiger partial charge in [0, 0.05) is 0 Å². The fourth-order valence-electron chi connectivity index (χ4n) is 0.786. The standard InChI is InChI=1S/C6H14B2N2O4S2/c1-8(12)10-3-5-16(13,14)15-4-2-9-6-7-11/h6,10,12H,2-5H2,1H3/b9-6+. The third-order valence-corrected chi connectivity index (χ3v) is 4.93. The Bertz CT molecular complexity index is 320. The number of aliphatic imine (C=N–C) groups is 1. The van der Waals surface area contributed by atoms with Crippen LogP contribution in [0.25, 0.3) is 0 Å². The zero-order valence-corrected chi connectivity index (χ0v) is 10.6. The van der Waals surface area contributed by atoms with Gasteiger partial charge in [0.05, 0.1) is 0 Å².